The van der Waals surface area contributed by atoms with E-state index in [0.717, 1.165) is 24.2 Å². The Balaban J connectivity index is 2.50. The van der Waals surface area contributed by atoms with Crippen LogP contribution in [0.5, 0.6) is 0 Å². The third-order valence-electron chi connectivity index (χ3n) is 3.31. The lowest BCUT2D eigenvalue weighted by Crippen LogP contribution is -2.31. The Hall–Kier alpha value is -1.85. The van der Waals surface area contributed by atoms with Gasteiger partial charge in [0.05, 0.1) is 6.33 Å². The molecule has 0 atom stereocenters. The van der Waals surface area contributed by atoms with Gasteiger partial charge in [0.1, 0.15) is 5.52 Å². The van der Waals surface area contributed by atoms with Gasteiger partial charge < -0.3 is 15.2 Å². The zero-order valence-corrected chi connectivity index (χ0v) is 11.4. The van der Waals surface area contributed by atoms with Crippen molar-refractivity contribution in [2.75, 3.05) is 24.3 Å². The second kappa shape index (κ2) is 5.20. The number of aromatic amines is 1. The van der Waals surface area contributed by atoms with Crippen LogP contribution in [0.4, 0.5) is 11.8 Å². The normalized spacial score (nSPS) is 11.2. The number of H-pyrrole nitrogens is 1. The van der Waals surface area contributed by atoms with Gasteiger partial charge in [-0.3, -0.25) is 0 Å². The van der Waals surface area contributed by atoms with Crippen LogP contribution in [0.15, 0.2) is 6.33 Å². The van der Waals surface area contributed by atoms with Gasteiger partial charge in [-0.25, -0.2) is 4.98 Å². The van der Waals surface area contributed by atoms with E-state index in [9.17, 15) is 0 Å². The maximum atomic E-state index is 4.54. The van der Waals surface area contributed by atoms with E-state index >= 15 is 0 Å². The van der Waals surface area contributed by atoms with Crippen LogP contribution in [-0.2, 0) is 0 Å². The van der Waals surface area contributed by atoms with Crippen molar-refractivity contribution < 1.29 is 0 Å². The first-order valence-corrected chi connectivity index (χ1v) is 6.32. The molecule has 0 unspecified atom stereocenters. The summed E-state index contributed by atoms with van der Waals surface area (Å²) in [6.07, 6.45) is 3.83. The van der Waals surface area contributed by atoms with Gasteiger partial charge in [-0.15, -0.1) is 0 Å². The fraction of sp³-hybridized carbons (Fsp3) is 0.583. The summed E-state index contributed by atoms with van der Waals surface area (Å²) in [5, 5.41) is 2.98. The number of rotatable bonds is 5. The van der Waals surface area contributed by atoms with E-state index in [4.69, 9.17) is 0 Å². The predicted octanol–water partition coefficient (Wildman–Crippen LogP) is 2.02. The van der Waals surface area contributed by atoms with Gasteiger partial charge in [0.25, 0.3) is 0 Å². The first-order valence-electron chi connectivity index (χ1n) is 6.32. The summed E-state index contributed by atoms with van der Waals surface area (Å²) in [7, 11) is 3.88. The minimum atomic E-state index is 0.469. The maximum Gasteiger partial charge on any atom is 0.226 e. The van der Waals surface area contributed by atoms with Crippen LogP contribution in [0, 0.1) is 0 Å². The van der Waals surface area contributed by atoms with Gasteiger partial charge in [-0.1, -0.05) is 13.8 Å². The number of hydrogen-bond acceptors (Lipinski definition) is 5. The summed E-state index contributed by atoms with van der Waals surface area (Å²) in [5.74, 6) is 1.50. The monoisotopic (exact) mass is 248 g/mol. The molecule has 0 aliphatic rings. The molecule has 0 spiro atoms. The van der Waals surface area contributed by atoms with Crippen molar-refractivity contribution in [3.63, 3.8) is 0 Å². The topological polar surface area (TPSA) is 69.7 Å². The standard InChI is InChI=1S/C12H20N6/c1-5-8(6-2)18(4)11-9-10(15-7-14-9)16-12(13-3)17-11/h7-8H,5-6H2,1-4H3,(H2,13,14,15,16,17). The minimum absolute atomic E-state index is 0.469. The Morgan fingerprint density at radius 1 is 1.33 bits per heavy atom. The van der Waals surface area contributed by atoms with Gasteiger partial charge in [0, 0.05) is 20.1 Å². The molecule has 98 valence electrons. The Labute approximate surface area is 107 Å². The summed E-state index contributed by atoms with van der Waals surface area (Å²) < 4.78 is 0. The van der Waals surface area contributed by atoms with Gasteiger partial charge in [-0.05, 0) is 12.8 Å². The molecule has 0 aromatic carbocycles. The van der Waals surface area contributed by atoms with Crippen molar-refractivity contribution >= 4 is 22.9 Å². The van der Waals surface area contributed by atoms with Gasteiger partial charge in [0.15, 0.2) is 11.5 Å². The molecule has 6 heteroatoms. The Kier molecular flexibility index (Phi) is 3.64. The number of fused-ring (bicyclic) bond motifs is 1. The van der Waals surface area contributed by atoms with Crippen LogP contribution in [0.1, 0.15) is 26.7 Å². The average molecular weight is 248 g/mol. The van der Waals surface area contributed by atoms with Crippen LogP contribution in [0.2, 0.25) is 0 Å². The molecule has 6 nitrogen and oxygen atoms in total. The molecular formula is C12H20N6. The minimum Gasteiger partial charge on any atom is -0.357 e. The number of aromatic nitrogens is 4. The molecule has 18 heavy (non-hydrogen) atoms. The summed E-state index contributed by atoms with van der Waals surface area (Å²) >= 11 is 0. The van der Waals surface area contributed by atoms with E-state index in [-0.39, 0.29) is 0 Å². The molecule has 0 radical (unpaired) electrons. The van der Waals surface area contributed by atoms with Gasteiger partial charge in [-0.2, -0.15) is 9.97 Å². The molecule has 2 rings (SSSR count). The Morgan fingerprint density at radius 2 is 2.06 bits per heavy atom. The van der Waals surface area contributed by atoms with Crippen LogP contribution in [0.3, 0.4) is 0 Å². The largest absolute Gasteiger partial charge is 0.357 e. The van der Waals surface area contributed by atoms with Gasteiger partial charge in [0.2, 0.25) is 5.95 Å². The number of nitrogens with one attached hydrogen (secondary N) is 2. The Morgan fingerprint density at radius 3 is 2.67 bits per heavy atom. The second-order valence-corrected chi connectivity index (χ2v) is 4.30. The Bertz CT molecular complexity index is 516. The van der Waals surface area contributed by atoms with Crippen LogP contribution >= 0.6 is 0 Å². The van der Waals surface area contributed by atoms with Crippen molar-refractivity contribution in [1.82, 2.24) is 19.9 Å². The SMILES string of the molecule is CCC(CC)N(C)c1nc(NC)nc2nc[nH]c12. The molecule has 0 saturated heterocycles. The lowest BCUT2D eigenvalue weighted by molar-refractivity contribution is 0.588. The van der Waals surface area contributed by atoms with E-state index in [2.05, 4.69) is 51.0 Å². The quantitative estimate of drug-likeness (QED) is 0.847. The zero-order chi connectivity index (χ0) is 13.1. The highest BCUT2D eigenvalue weighted by Crippen LogP contribution is 2.24. The van der Waals surface area contributed by atoms with Crippen LogP contribution < -0.4 is 10.2 Å². The highest BCUT2D eigenvalue weighted by Gasteiger charge is 2.18. The van der Waals surface area contributed by atoms with Crippen molar-refractivity contribution in [2.24, 2.45) is 0 Å². The first-order chi connectivity index (χ1) is 8.71. The molecule has 0 bridgehead atoms. The molecule has 0 saturated carbocycles. The third-order valence-corrected chi connectivity index (χ3v) is 3.31. The smallest absolute Gasteiger partial charge is 0.226 e. The lowest BCUT2D eigenvalue weighted by atomic mass is 10.1. The van der Waals surface area contributed by atoms with Crippen molar-refractivity contribution in [3.8, 4) is 0 Å². The predicted molar refractivity (Wildman–Crippen MR) is 74.0 cm³/mol. The van der Waals surface area contributed by atoms with Crippen LogP contribution in [0.25, 0.3) is 11.2 Å². The molecule has 2 aromatic rings. The fourth-order valence-corrected chi connectivity index (χ4v) is 2.19. The zero-order valence-electron chi connectivity index (χ0n) is 11.4. The van der Waals surface area contributed by atoms with E-state index in [0.29, 0.717) is 17.6 Å². The maximum absolute atomic E-state index is 4.54. The lowest BCUT2D eigenvalue weighted by Gasteiger charge is -2.27. The molecule has 2 heterocycles. The van der Waals surface area contributed by atoms with Crippen molar-refractivity contribution in [3.05, 3.63) is 6.33 Å². The summed E-state index contributed by atoms with van der Waals surface area (Å²) in [6.45, 7) is 4.38. The molecule has 0 amide bonds. The van der Waals surface area contributed by atoms with E-state index in [1.54, 1.807) is 6.33 Å². The number of hydrogen-bond donors (Lipinski definition) is 2. The van der Waals surface area contributed by atoms with E-state index in [1.807, 2.05) is 7.05 Å². The molecule has 2 aromatic heterocycles. The van der Waals surface area contributed by atoms with E-state index < -0.39 is 0 Å². The fourth-order valence-electron chi connectivity index (χ4n) is 2.19. The number of nitrogens with zero attached hydrogens (tertiary/aromatic N) is 4. The third kappa shape index (κ3) is 2.10. The molecule has 0 aliphatic carbocycles. The number of anilines is 2. The average Bonchev–Trinajstić information content (AvgIpc) is 2.86. The molecule has 0 aliphatic heterocycles. The van der Waals surface area contributed by atoms with Crippen molar-refractivity contribution in [1.29, 1.82) is 0 Å². The molecular weight excluding hydrogens is 228 g/mol. The number of imidazole rings is 1. The first kappa shape index (κ1) is 12.6. The highest BCUT2D eigenvalue weighted by molar-refractivity contribution is 5.84. The van der Waals surface area contributed by atoms with E-state index in [1.165, 1.54) is 0 Å². The van der Waals surface area contributed by atoms with Crippen LogP contribution in [-0.4, -0.2) is 40.1 Å². The summed E-state index contributed by atoms with van der Waals surface area (Å²) in [5.41, 5.74) is 1.59. The highest BCUT2D eigenvalue weighted by atomic mass is 15.2. The summed E-state index contributed by atoms with van der Waals surface area (Å²) in [4.78, 5) is 18.4. The second-order valence-electron chi connectivity index (χ2n) is 4.30. The van der Waals surface area contributed by atoms with Crippen molar-refractivity contribution in [2.45, 2.75) is 32.7 Å². The molecule has 0 fully saturated rings. The summed E-state index contributed by atoms with van der Waals surface area (Å²) in [6, 6.07) is 0.469. The van der Waals surface area contributed by atoms with Gasteiger partial charge >= 0.3 is 0 Å². The molecule has 2 N–H and O–H groups in total.